The third-order valence-corrected chi connectivity index (χ3v) is 4.04. The van der Waals surface area contributed by atoms with E-state index in [1.165, 1.54) is 0 Å². The van der Waals surface area contributed by atoms with Gasteiger partial charge < -0.3 is 9.80 Å². The Morgan fingerprint density at radius 2 is 1.89 bits per heavy atom. The molecule has 104 valence electrons. The van der Waals surface area contributed by atoms with Gasteiger partial charge in [-0.1, -0.05) is 23.2 Å². The van der Waals surface area contributed by atoms with E-state index in [4.69, 9.17) is 23.2 Å². The van der Waals surface area contributed by atoms with E-state index in [9.17, 15) is 4.79 Å². The molecule has 0 aliphatic carbocycles. The van der Waals surface area contributed by atoms with Crippen LogP contribution in [-0.4, -0.2) is 55.4 Å². The van der Waals surface area contributed by atoms with Crippen molar-refractivity contribution in [1.82, 2.24) is 9.80 Å². The predicted octanol–water partition coefficient (Wildman–Crippen LogP) is 2.81. The molecule has 2 rings (SSSR count). The van der Waals surface area contributed by atoms with E-state index in [2.05, 4.69) is 16.8 Å². The van der Waals surface area contributed by atoms with Gasteiger partial charge in [0.1, 0.15) is 0 Å². The fourth-order valence-corrected chi connectivity index (χ4v) is 2.57. The van der Waals surface area contributed by atoms with Crippen LogP contribution in [-0.2, 0) is 0 Å². The highest BCUT2D eigenvalue weighted by atomic mass is 35.5. The number of hydrogen-bond acceptors (Lipinski definition) is 3. The number of carbonyl (C=O) groups is 1. The first-order valence-electron chi connectivity index (χ1n) is 6.45. The zero-order valence-electron chi connectivity index (χ0n) is 11.0. The summed E-state index contributed by atoms with van der Waals surface area (Å²) in [5.41, 5.74) is 0.531. The SMILES string of the molecule is CN1CCN(CCC(=O)c2cc(Cl)ccc2Cl)CC1. The Hall–Kier alpha value is -0.610. The van der Waals surface area contributed by atoms with Crippen molar-refractivity contribution in [2.45, 2.75) is 6.42 Å². The van der Waals surface area contributed by atoms with E-state index >= 15 is 0 Å². The number of likely N-dealkylation sites (N-methyl/N-ethyl adjacent to an activating group) is 1. The second-order valence-corrected chi connectivity index (χ2v) is 5.79. The van der Waals surface area contributed by atoms with Crippen molar-refractivity contribution in [3.63, 3.8) is 0 Å². The van der Waals surface area contributed by atoms with Crippen LogP contribution in [0.3, 0.4) is 0 Å². The van der Waals surface area contributed by atoms with E-state index in [0.29, 0.717) is 22.0 Å². The molecule has 0 unspecified atom stereocenters. The van der Waals surface area contributed by atoms with E-state index in [1.807, 2.05) is 0 Å². The van der Waals surface area contributed by atoms with Crippen molar-refractivity contribution in [1.29, 1.82) is 0 Å². The minimum absolute atomic E-state index is 0.0615. The van der Waals surface area contributed by atoms with Crippen molar-refractivity contribution in [2.24, 2.45) is 0 Å². The molecule has 1 fully saturated rings. The molecule has 0 atom stereocenters. The largest absolute Gasteiger partial charge is 0.304 e. The topological polar surface area (TPSA) is 23.6 Å². The fourth-order valence-electron chi connectivity index (χ4n) is 2.18. The van der Waals surface area contributed by atoms with Gasteiger partial charge in [0, 0.05) is 49.7 Å². The maximum Gasteiger partial charge on any atom is 0.165 e. The zero-order chi connectivity index (χ0) is 13.8. The van der Waals surface area contributed by atoms with Crippen LogP contribution in [0.1, 0.15) is 16.8 Å². The number of rotatable bonds is 4. The summed E-state index contributed by atoms with van der Waals surface area (Å²) in [7, 11) is 2.12. The molecular formula is C14H18Cl2N2O. The number of halogens is 2. The molecule has 0 N–H and O–H groups in total. The van der Waals surface area contributed by atoms with Crippen LogP contribution < -0.4 is 0 Å². The first-order chi connectivity index (χ1) is 9.06. The van der Waals surface area contributed by atoms with Crippen molar-refractivity contribution in [3.8, 4) is 0 Å². The number of nitrogens with zero attached hydrogens (tertiary/aromatic N) is 2. The van der Waals surface area contributed by atoms with Crippen LogP contribution in [0.25, 0.3) is 0 Å². The molecule has 0 saturated carbocycles. The highest BCUT2D eigenvalue weighted by molar-refractivity contribution is 6.35. The number of ketones is 1. The van der Waals surface area contributed by atoms with Gasteiger partial charge in [-0.2, -0.15) is 0 Å². The average Bonchev–Trinajstić information content (AvgIpc) is 2.40. The van der Waals surface area contributed by atoms with Crippen molar-refractivity contribution < 1.29 is 4.79 Å². The molecule has 19 heavy (non-hydrogen) atoms. The second-order valence-electron chi connectivity index (χ2n) is 4.94. The summed E-state index contributed by atoms with van der Waals surface area (Å²) in [6.07, 6.45) is 0.490. The van der Waals surface area contributed by atoms with Gasteiger partial charge in [0.15, 0.2) is 5.78 Å². The molecule has 3 nitrogen and oxygen atoms in total. The lowest BCUT2D eigenvalue weighted by Gasteiger charge is -2.32. The molecule has 0 aromatic heterocycles. The monoisotopic (exact) mass is 300 g/mol. The van der Waals surface area contributed by atoms with Gasteiger partial charge in [0.2, 0.25) is 0 Å². The Bertz CT molecular complexity index is 457. The third-order valence-electron chi connectivity index (χ3n) is 3.48. The van der Waals surface area contributed by atoms with Crippen LogP contribution in [0.15, 0.2) is 18.2 Å². The predicted molar refractivity (Wildman–Crippen MR) is 79.3 cm³/mol. The molecule has 0 spiro atoms. The molecule has 1 aliphatic heterocycles. The Morgan fingerprint density at radius 3 is 2.58 bits per heavy atom. The van der Waals surface area contributed by atoms with Crippen LogP contribution in [0.2, 0.25) is 10.0 Å². The molecule has 1 aliphatic rings. The lowest BCUT2D eigenvalue weighted by Crippen LogP contribution is -2.45. The molecular weight excluding hydrogens is 283 g/mol. The summed E-state index contributed by atoms with van der Waals surface area (Å²) in [6, 6.07) is 5.02. The van der Waals surface area contributed by atoms with Gasteiger partial charge >= 0.3 is 0 Å². The van der Waals surface area contributed by atoms with E-state index in [0.717, 1.165) is 32.7 Å². The number of piperazine rings is 1. The average molecular weight is 301 g/mol. The fraction of sp³-hybridized carbons (Fsp3) is 0.500. The van der Waals surface area contributed by atoms with Crippen LogP contribution in [0.4, 0.5) is 0 Å². The Balaban J connectivity index is 1.89. The van der Waals surface area contributed by atoms with Crippen molar-refractivity contribution in [2.75, 3.05) is 39.8 Å². The molecule has 1 saturated heterocycles. The van der Waals surface area contributed by atoms with Crippen LogP contribution >= 0.6 is 23.2 Å². The number of carbonyl (C=O) groups excluding carboxylic acids is 1. The van der Waals surface area contributed by atoms with Gasteiger partial charge in [-0.3, -0.25) is 4.79 Å². The maximum atomic E-state index is 12.1. The molecule has 1 aromatic rings. The minimum Gasteiger partial charge on any atom is -0.304 e. The lowest BCUT2D eigenvalue weighted by atomic mass is 10.1. The van der Waals surface area contributed by atoms with E-state index < -0.39 is 0 Å². The first-order valence-corrected chi connectivity index (χ1v) is 7.21. The number of hydrogen-bond donors (Lipinski definition) is 0. The van der Waals surface area contributed by atoms with E-state index in [-0.39, 0.29) is 5.78 Å². The first kappa shape index (κ1) is 14.8. The van der Waals surface area contributed by atoms with Crippen molar-refractivity contribution in [3.05, 3.63) is 33.8 Å². The quantitative estimate of drug-likeness (QED) is 0.799. The van der Waals surface area contributed by atoms with Crippen molar-refractivity contribution >= 4 is 29.0 Å². The summed E-state index contributed by atoms with van der Waals surface area (Å²) in [6.45, 7) is 4.95. The second kappa shape index (κ2) is 6.71. The maximum absolute atomic E-state index is 12.1. The number of benzene rings is 1. The highest BCUT2D eigenvalue weighted by Crippen LogP contribution is 2.22. The summed E-state index contributed by atoms with van der Waals surface area (Å²) < 4.78 is 0. The number of Topliss-reactive ketones (excluding diaryl/α,β-unsaturated/α-hetero) is 1. The molecule has 0 radical (unpaired) electrons. The van der Waals surface area contributed by atoms with Gasteiger partial charge in [-0.25, -0.2) is 0 Å². The Labute approximate surface area is 124 Å². The summed E-state index contributed by atoms with van der Waals surface area (Å²) in [5.74, 6) is 0.0615. The smallest absolute Gasteiger partial charge is 0.165 e. The lowest BCUT2D eigenvalue weighted by molar-refractivity contribution is 0.0942. The summed E-state index contributed by atoms with van der Waals surface area (Å²) in [5, 5.41) is 1.03. The Kier molecular flexibility index (Phi) is 5.22. The van der Waals surface area contributed by atoms with Crippen LogP contribution in [0.5, 0.6) is 0 Å². The van der Waals surface area contributed by atoms with Gasteiger partial charge in [-0.15, -0.1) is 0 Å². The van der Waals surface area contributed by atoms with E-state index in [1.54, 1.807) is 18.2 Å². The molecule has 5 heteroatoms. The minimum atomic E-state index is 0.0615. The third kappa shape index (κ3) is 4.18. The van der Waals surface area contributed by atoms with Crippen LogP contribution in [0, 0.1) is 0 Å². The molecule has 1 aromatic carbocycles. The van der Waals surface area contributed by atoms with Gasteiger partial charge in [-0.05, 0) is 25.2 Å². The highest BCUT2D eigenvalue weighted by Gasteiger charge is 2.16. The molecule has 0 amide bonds. The zero-order valence-corrected chi connectivity index (χ0v) is 12.5. The summed E-state index contributed by atoms with van der Waals surface area (Å²) >= 11 is 11.9. The normalized spacial score (nSPS) is 17.6. The molecule has 0 bridgehead atoms. The Morgan fingerprint density at radius 1 is 1.21 bits per heavy atom. The van der Waals surface area contributed by atoms with Gasteiger partial charge in [0.25, 0.3) is 0 Å². The van der Waals surface area contributed by atoms with Gasteiger partial charge in [0.05, 0.1) is 5.02 Å². The summed E-state index contributed by atoms with van der Waals surface area (Å²) in [4.78, 5) is 16.8. The standard InChI is InChI=1S/C14H18Cl2N2O/c1-17-6-8-18(9-7-17)5-4-14(19)12-10-11(15)2-3-13(12)16/h2-3,10H,4-9H2,1H3. The molecule has 1 heterocycles.